The molecule has 1 unspecified atom stereocenters. The van der Waals surface area contributed by atoms with Crippen molar-refractivity contribution in [1.82, 2.24) is 15.1 Å². The first-order chi connectivity index (χ1) is 9.47. The van der Waals surface area contributed by atoms with E-state index < -0.39 is 0 Å². The van der Waals surface area contributed by atoms with Gasteiger partial charge in [0.15, 0.2) is 0 Å². The lowest BCUT2D eigenvalue weighted by molar-refractivity contribution is -0.124. The van der Waals surface area contributed by atoms with Crippen molar-refractivity contribution in [2.45, 2.75) is 59.9 Å². The van der Waals surface area contributed by atoms with Crippen molar-refractivity contribution in [3.63, 3.8) is 0 Å². The molecule has 114 valence electrons. The summed E-state index contributed by atoms with van der Waals surface area (Å²) in [6.45, 7) is 9.25. The quantitative estimate of drug-likeness (QED) is 0.747. The van der Waals surface area contributed by atoms with Crippen molar-refractivity contribution >= 4 is 17.5 Å². The van der Waals surface area contributed by atoms with Crippen LogP contribution in [0.3, 0.4) is 0 Å². The number of amides is 1. The van der Waals surface area contributed by atoms with E-state index in [1.807, 2.05) is 25.5 Å². The van der Waals surface area contributed by atoms with Gasteiger partial charge in [-0.3, -0.25) is 9.48 Å². The summed E-state index contributed by atoms with van der Waals surface area (Å²) in [7, 11) is 0. The Morgan fingerprint density at radius 2 is 2.05 bits per heavy atom. The standard InChI is InChI=1S/C15H26ClN3O/c1-5-6-7-8-9-17-15(20)11(2)10-19-13(4)14(16)12(3)18-19/h11H,5-10H2,1-4H3,(H,17,20). The van der Waals surface area contributed by atoms with Crippen molar-refractivity contribution in [2.24, 2.45) is 5.92 Å². The van der Waals surface area contributed by atoms with Crippen LogP contribution in [-0.4, -0.2) is 22.2 Å². The van der Waals surface area contributed by atoms with Crippen LogP contribution in [0.5, 0.6) is 0 Å². The van der Waals surface area contributed by atoms with Gasteiger partial charge in [0, 0.05) is 6.54 Å². The van der Waals surface area contributed by atoms with Gasteiger partial charge in [0.25, 0.3) is 0 Å². The van der Waals surface area contributed by atoms with Crippen LogP contribution in [-0.2, 0) is 11.3 Å². The molecule has 0 aliphatic rings. The van der Waals surface area contributed by atoms with E-state index >= 15 is 0 Å². The zero-order chi connectivity index (χ0) is 15.1. The van der Waals surface area contributed by atoms with Gasteiger partial charge in [-0.2, -0.15) is 5.10 Å². The first-order valence-electron chi connectivity index (χ1n) is 7.44. The molecule has 1 heterocycles. The number of halogens is 1. The molecule has 0 fully saturated rings. The minimum Gasteiger partial charge on any atom is -0.356 e. The molecule has 1 rings (SSSR count). The van der Waals surface area contributed by atoms with Crippen molar-refractivity contribution in [2.75, 3.05) is 6.54 Å². The molecule has 0 spiro atoms. The van der Waals surface area contributed by atoms with Crippen molar-refractivity contribution in [3.8, 4) is 0 Å². The molecule has 1 atom stereocenters. The Kier molecular flexibility index (Phi) is 7.06. The number of unbranched alkanes of at least 4 members (excludes halogenated alkanes) is 3. The zero-order valence-corrected chi connectivity index (χ0v) is 13.8. The fraction of sp³-hybridized carbons (Fsp3) is 0.733. The topological polar surface area (TPSA) is 46.9 Å². The van der Waals surface area contributed by atoms with Gasteiger partial charge in [0.2, 0.25) is 5.91 Å². The number of rotatable bonds is 8. The van der Waals surface area contributed by atoms with E-state index in [0.29, 0.717) is 11.6 Å². The van der Waals surface area contributed by atoms with Crippen molar-refractivity contribution < 1.29 is 4.79 Å². The predicted molar refractivity (Wildman–Crippen MR) is 83.0 cm³/mol. The monoisotopic (exact) mass is 299 g/mol. The average Bonchev–Trinajstić information content (AvgIpc) is 2.66. The fourth-order valence-corrected chi connectivity index (χ4v) is 2.27. The second-order valence-corrected chi connectivity index (χ2v) is 5.80. The Hall–Kier alpha value is -1.03. The molecule has 0 aliphatic heterocycles. The lowest BCUT2D eigenvalue weighted by Crippen LogP contribution is -2.32. The number of hydrogen-bond donors (Lipinski definition) is 1. The van der Waals surface area contributed by atoms with Crippen LogP contribution >= 0.6 is 11.6 Å². The SMILES string of the molecule is CCCCCCNC(=O)C(C)Cn1nc(C)c(Cl)c1C. The maximum Gasteiger partial charge on any atom is 0.224 e. The van der Waals surface area contributed by atoms with E-state index in [-0.39, 0.29) is 11.8 Å². The summed E-state index contributed by atoms with van der Waals surface area (Å²) in [4.78, 5) is 12.0. The molecule has 1 amide bonds. The Labute approximate surface area is 126 Å². The van der Waals surface area contributed by atoms with Gasteiger partial charge in [-0.15, -0.1) is 0 Å². The smallest absolute Gasteiger partial charge is 0.224 e. The first-order valence-corrected chi connectivity index (χ1v) is 7.82. The van der Waals surface area contributed by atoms with Crippen LogP contribution in [0.4, 0.5) is 0 Å². The van der Waals surface area contributed by atoms with E-state index in [9.17, 15) is 4.79 Å². The molecule has 4 nitrogen and oxygen atoms in total. The lowest BCUT2D eigenvalue weighted by Gasteiger charge is -2.13. The molecule has 0 bridgehead atoms. The number of carbonyl (C=O) groups excluding carboxylic acids is 1. The van der Waals surface area contributed by atoms with E-state index in [4.69, 9.17) is 11.6 Å². The number of hydrogen-bond acceptors (Lipinski definition) is 2. The molecule has 1 aromatic heterocycles. The molecular weight excluding hydrogens is 274 g/mol. The number of nitrogens with zero attached hydrogens (tertiary/aromatic N) is 2. The van der Waals surface area contributed by atoms with Gasteiger partial charge in [-0.25, -0.2) is 0 Å². The average molecular weight is 300 g/mol. The second-order valence-electron chi connectivity index (χ2n) is 5.42. The zero-order valence-electron chi connectivity index (χ0n) is 13.0. The molecule has 5 heteroatoms. The van der Waals surface area contributed by atoms with E-state index in [1.54, 1.807) is 0 Å². The van der Waals surface area contributed by atoms with Crippen molar-refractivity contribution in [1.29, 1.82) is 0 Å². The van der Waals surface area contributed by atoms with Crippen LogP contribution in [0.1, 0.15) is 50.9 Å². The van der Waals surface area contributed by atoms with E-state index in [2.05, 4.69) is 17.3 Å². The summed E-state index contributed by atoms with van der Waals surface area (Å²) in [6, 6.07) is 0. The Balaban J connectivity index is 2.39. The number of aromatic nitrogens is 2. The third-order valence-electron chi connectivity index (χ3n) is 3.52. The largest absolute Gasteiger partial charge is 0.356 e. The highest BCUT2D eigenvalue weighted by molar-refractivity contribution is 6.31. The summed E-state index contributed by atoms with van der Waals surface area (Å²) >= 11 is 6.11. The minimum absolute atomic E-state index is 0.0881. The highest BCUT2D eigenvalue weighted by Gasteiger charge is 2.16. The van der Waals surface area contributed by atoms with Crippen LogP contribution < -0.4 is 5.32 Å². The lowest BCUT2D eigenvalue weighted by atomic mass is 10.1. The third-order valence-corrected chi connectivity index (χ3v) is 4.06. The maximum absolute atomic E-state index is 12.0. The van der Waals surface area contributed by atoms with E-state index in [0.717, 1.165) is 24.4 Å². The highest BCUT2D eigenvalue weighted by Crippen LogP contribution is 2.19. The number of aryl methyl sites for hydroxylation is 1. The van der Waals surface area contributed by atoms with E-state index in [1.165, 1.54) is 19.3 Å². The molecule has 0 aromatic carbocycles. The van der Waals surface area contributed by atoms with Crippen LogP contribution in [0.15, 0.2) is 0 Å². The van der Waals surface area contributed by atoms with Crippen LogP contribution in [0, 0.1) is 19.8 Å². The Bertz CT molecular complexity index is 443. The molecule has 0 saturated carbocycles. The Morgan fingerprint density at radius 3 is 2.60 bits per heavy atom. The Morgan fingerprint density at radius 1 is 1.35 bits per heavy atom. The summed E-state index contributed by atoms with van der Waals surface area (Å²) < 4.78 is 1.82. The normalized spacial score (nSPS) is 12.4. The predicted octanol–water partition coefficient (Wildman–Crippen LogP) is 3.49. The van der Waals surface area contributed by atoms with Gasteiger partial charge in [0.05, 0.1) is 28.9 Å². The first kappa shape index (κ1) is 17.0. The maximum atomic E-state index is 12.0. The number of nitrogens with one attached hydrogen (secondary N) is 1. The molecule has 20 heavy (non-hydrogen) atoms. The highest BCUT2D eigenvalue weighted by atomic mass is 35.5. The van der Waals surface area contributed by atoms with Gasteiger partial charge >= 0.3 is 0 Å². The summed E-state index contributed by atoms with van der Waals surface area (Å²) in [6.07, 6.45) is 4.68. The third kappa shape index (κ3) is 4.82. The number of carbonyl (C=O) groups is 1. The summed E-state index contributed by atoms with van der Waals surface area (Å²) in [5.74, 6) is -0.0135. The molecule has 1 aromatic rings. The van der Waals surface area contributed by atoms with Crippen molar-refractivity contribution in [3.05, 3.63) is 16.4 Å². The molecular formula is C15H26ClN3O. The molecule has 1 N–H and O–H groups in total. The van der Waals surface area contributed by atoms with Gasteiger partial charge in [0.1, 0.15) is 0 Å². The molecule has 0 aliphatic carbocycles. The van der Waals surface area contributed by atoms with Gasteiger partial charge in [-0.05, 0) is 20.3 Å². The van der Waals surface area contributed by atoms with Crippen LogP contribution in [0.25, 0.3) is 0 Å². The van der Waals surface area contributed by atoms with Crippen LogP contribution in [0.2, 0.25) is 5.02 Å². The molecule has 0 saturated heterocycles. The summed E-state index contributed by atoms with van der Waals surface area (Å²) in [5, 5.41) is 8.04. The van der Waals surface area contributed by atoms with Gasteiger partial charge < -0.3 is 5.32 Å². The molecule has 0 radical (unpaired) electrons. The van der Waals surface area contributed by atoms with Gasteiger partial charge in [-0.1, -0.05) is 44.7 Å². The summed E-state index contributed by atoms with van der Waals surface area (Å²) in [5.41, 5.74) is 1.74. The second kappa shape index (κ2) is 8.30. The fourth-order valence-electron chi connectivity index (χ4n) is 2.13. The minimum atomic E-state index is -0.102.